The van der Waals surface area contributed by atoms with Crippen LogP contribution in [0.3, 0.4) is 0 Å². The van der Waals surface area contributed by atoms with Crippen molar-refractivity contribution in [2.45, 2.75) is 6.92 Å². The van der Waals surface area contributed by atoms with Crippen LogP contribution >= 0.6 is 0 Å². The molecule has 2 N–H and O–H groups in total. The predicted molar refractivity (Wildman–Crippen MR) is 48.1 cm³/mol. The third kappa shape index (κ3) is 2.72. The Balaban J connectivity index is 2.63. The maximum absolute atomic E-state index is 11.0. The standard InChI is InChI=1S/C8H11N3O2/c1-6-5-9-4-3-7(6)10-8(12)11-13-2/h3-5H,1-2H3,(H2,9,10,11,12). The number of nitrogens with zero attached hydrogens (tertiary/aromatic N) is 1. The Hall–Kier alpha value is -1.62. The van der Waals surface area contributed by atoms with Crippen LogP contribution in [0, 0.1) is 6.92 Å². The van der Waals surface area contributed by atoms with Crippen molar-refractivity contribution in [2.24, 2.45) is 0 Å². The molecule has 1 aromatic heterocycles. The zero-order valence-electron chi connectivity index (χ0n) is 7.50. The lowest BCUT2D eigenvalue weighted by molar-refractivity contribution is 0.114. The fraction of sp³-hybridized carbons (Fsp3) is 0.250. The predicted octanol–water partition coefficient (Wildman–Crippen LogP) is 1.07. The topological polar surface area (TPSA) is 63.2 Å². The zero-order chi connectivity index (χ0) is 9.68. The number of aromatic nitrogens is 1. The maximum Gasteiger partial charge on any atom is 0.343 e. The maximum atomic E-state index is 11.0. The van der Waals surface area contributed by atoms with Crippen LogP contribution in [-0.4, -0.2) is 18.1 Å². The molecular formula is C8H11N3O2. The number of anilines is 1. The van der Waals surface area contributed by atoms with Gasteiger partial charge in [-0.25, -0.2) is 10.3 Å². The quantitative estimate of drug-likeness (QED) is 0.671. The Morgan fingerprint density at radius 2 is 2.38 bits per heavy atom. The first-order valence-electron chi connectivity index (χ1n) is 3.74. The summed E-state index contributed by atoms with van der Waals surface area (Å²) in [7, 11) is 1.37. The van der Waals surface area contributed by atoms with Crippen LogP contribution in [0.15, 0.2) is 18.5 Å². The molecule has 13 heavy (non-hydrogen) atoms. The van der Waals surface area contributed by atoms with Crippen LogP contribution < -0.4 is 10.8 Å². The highest BCUT2D eigenvalue weighted by Crippen LogP contribution is 2.10. The fourth-order valence-corrected chi connectivity index (χ4v) is 0.854. The second kappa shape index (κ2) is 4.42. The van der Waals surface area contributed by atoms with Gasteiger partial charge in [0.15, 0.2) is 0 Å². The van der Waals surface area contributed by atoms with Gasteiger partial charge in [-0.2, -0.15) is 0 Å². The second-order valence-corrected chi connectivity index (χ2v) is 2.45. The molecule has 0 aromatic carbocycles. The average molecular weight is 181 g/mol. The summed E-state index contributed by atoms with van der Waals surface area (Å²) in [6.07, 6.45) is 3.28. The minimum Gasteiger partial charge on any atom is -0.306 e. The lowest BCUT2D eigenvalue weighted by Crippen LogP contribution is -2.27. The number of carbonyl (C=O) groups excluding carboxylic acids is 1. The number of urea groups is 1. The van der Waals surface area contributed by atoms with Crippen molar-refractivity contribution in [3.8, 4) is 0 Å². The van der Waals surface area contributed by atoms with Crippen LogP contribution in [0.4, 0.5) is 10.5 Å². The number of carbonyl (C=O) groups is 1. The van der Waals surface area contributed by atoms with E-state index in [0.717, 1.165) is 5.56 Å². The number of amides is 2. The van der Waals surface area contributed by atoms with Gasteiger partial charge >= 0.3 is 6.03 Å². The van der Waals surface area contributed by atoms with E-state index in [1.54, 1.807) is 18.5 Å². The van der Waals surface area contributed by atoms with Gasteiger partial charge in [-0.05, 0) is 18.6 Å². The number of rotatable bonds is 2. The average Bonchev–Trinajstić information content (AvgIpc) is 2.09. The molecule has 0 saturated carbocycles. The SMILES string of the molecule is CONC(=O)Nc1ccncc1C. The van der Waals surface area contributed by atoms with Crippen LogP contribution in [0.5, 0.6) is 0 Å². The number of nitrogens with one attached hydrogen (secondary N) is 2. The minimum absolute atomic E-state index is 0.406. The molecule has 0 aliphatic rings. The number of aryl methyl sites for hydroxylation is 1. The van der Waals surface area contributed by atoms with Gasteiger partial charge in [0.25, 0.3) is 0 Å². The van der Waals surface area contributed by atoms with E-state index in [4.69, 9.17) is 0 Å². The van der Waals surface area contributed by atoms with Gasteiger partial charge in [0.2, 0.25) is 0 Å². The zero-order valence-corrected chi connectivity index (χ0v) is 7.50. The molecule has 0 atom stereocenters. The Bertz CT molecular complexity index is 301. The molecule has 70 valence electrons. The Kier molecular flexibility index (Phi) is 3.22. The molecule has 2 amide bonds. The van der Waals surface area contributed by atoms with E-state index in [0.29, 0.717) is 5.69 Å². The summed E-state index contributed by atoms with van der Waals surface area (Å²) in [5.41, 5.74) is 3.76. The van der Waals surface area contributed by atoms with Gasteiger partial charge in [0, 0.05) is 18.1 Å². The smallest absolute Gasteiger partial charge is 0.306 e. The molecule has 5 heteroatoms. The monoisotopic (exact) mass is 181 g/mol. The fourth-order valence-electron chi connectivity index (χ4n) is 0.854. The minimum atomic E-state index is -0.406. The van der Waals surface area contributed by atoms with E-state index in [1.807, 2.05) is 6.92 Å². The third-order valence-corrected chi connectivity index (χ3v) is 1.46. The number of hydroxylamine groups is 1. The molecule has 0 saturated heterocycles. The largest absolute Gasteiger partial charge is 0.343 e. The highest BCUT2D eigenvalue weighted by Gasteiger charge is 2.01. The van der Waals surface area contributed by atoms with Gasteiger partial charge in [-0.3, -0.25) is 9.82 Å². The van der Waals surface area contributed by atoms with Crippen LogP contribution in [0.2, 0.25) is 0 Å². The van der Waals surface area contributed by atoms with Crippen molar-refractivity contribution in [2.75, 3.05) is 12.4 Å². The molecule has 0 aliphatic carbocycles. The van der Waals surface area contributed by atoms with E-state index in [1.165, 1.54) is 7.11 Å². The molecule has 0 bridgehead atoms. The number of hydrogen-bond donors (Lipinski definition) is 2. The summed E-state index contributed by atoms with van der Waals surface area (Å²) in [5, 5.41) is 2.60. The van der Waals surface area contributed by atoms with E-state index in [9.17, 15) is 4.79 Å². The van der Waals surface area contributed by atoms with E-state index < -0.39 is 6.03 Å². The van der Waals surface area contributed by atoms with Crippen molar-refractivity contribution in [3.05, 3.63) is 24.0 Å². The van der Waals surface area contributed by atoms with Crippen LogP contribution in [-0.2, 0) is 4.84 Å². The first-order chi connectivity index (χ1) is 6.24. The second-order valence-electron chi connectivity index (χ2n) is 2.45. The molecule has 0 aliphatic heterocycles. The van der Waals surface area contributed by atoms with Gasteiger partial charge in [0.1, 0.15) is 0 Å². The molecule has 0 spiro atoms. The van der Waals surface area contributed by atoms with Gasteiger partial charge in [0.05, 0.1) is 7.11 Å². The lowest BCUT2D eigenvalue weighted by atomic mass is 10.3. The molecule has 1 heterocycles. The first-order valence-corrected chi connectivity index (χ1v) is 3.74. The summed E-state index contributed by atoms with van der Waals surface area (Å²) in [4.78, 5) is 19.3. The summed E-state index contributed by atoms with van der Waals surface area (Å²) in [6, 6.07) is 1.31. The summed E-state index contributed by atoms with van der Waals surface area (Å²) >= 11 is 0. The molecule has 1 rings (SSSR count). The van der Waals surface area contributed by atoms with Gasteiger partial charge < -0.3 is 5.32 Å². The summed E-state index contributed by atoms with van der Waals surface area (Å²) in [6.45, 7) is 1.86. The highest BCUT2D eigenvalue weighted by atomic mass is 16.6. The van der Waals surface area contributed by atoms with Crippen LogP contribution in [0.1, 0.15) is 5.56 Å². The van der Waals surface area contributed by atoms with Crippen molar-refractivity contribution < 1.29 is 9.63 Å². The van der Waals surface area contributed by atoms with Crippen molar-refractivity contribution in [1.82, 2.24) is 10.5 Å². The van der Waals surface area contributed by atoms with Crippen molar-refractivity contribution >= 4 is 11.7 Å². The summed E-state index contributed by atoms with van der Waals surface area (Å²) < 4.78 is 0. The lowest BCUT2D eigenvalue weighted by Gasteiger charge is -2.06. The molecular weight excluding hydrogens is 170 g/mol. The molecule has 0 fully saturated rings. The Labute approximate surface area is 76.1 Å². The first kappa shape index (κ1) is 9.47. The van der Waals surface area contributed by atoms with Crippen molar-refractivity contribution in [3.63, 3.8) is 0 Å². The normalized spacial score (nSPS) is 9.38. The number of hydrogen-bond acceptors (Lipinski definition) is 3. The Morgan fingerprint density at radius 3 is 3.00 bits per heavy atom. The highest BCUT2D eigenvalue weighted by molar-refractivity contribution is 5.89. The molecule has 5 nitrogen and oxygen atoms in total. The van der Waals surface area contributed by atoms with E-state index in [-0.39, 0.29) is 0 Å². The molecule has 0 radical (unpaired) electrons. The number of pyridine rings is 1. The molecule has 1 aromatic rings. The summed E-state index contributed by atoms with van der Waals surface area (Å²) in [5.74, 6) is 0. The third-order valence-electron chi connectivity index (χ3n) is 1.46. The van der Waals surface area contributed by atoms with E-state index in [2.05, 4.69) is 20.6 Å². The van der Waals surface area contributed by atoms with Gasteiger partial charge in [-0.1, -0.05) is 0 Å². The van der Waals surface area contributed by atoms with Crippen molar-refractivity contribution in [1.29, 1.82) is 0 Å². The van der Waals surface area contributed by atoms with Crippen LogP contribution in [0.25, 0.3) is 0 Å². The Morgan fingerprint density at radius 1 is 1.62 bits per heavy atom. The molecule has 0 unspecified atom stereocenters. The van der Waals surface area contributed by atoms with Gasteiger partial charge in [-0.15, -0.1) is 0 Å². The van der Waals surface area contributed by atoms with E-state index >= 15 is 0 Å².